The number of thioether (sulfide) groups is 1. The summed E-state index contributed by atoms with van der Waals surface area (Å²) in [6.45, 7) is 5.42. The predicted octanol–water partition coefficient (Wildman–Crippen LogP) is 2.26. The van der Waals surface area contributed by atoms with E-state index in [9.17, 15) is 14.9 Å². The number of carbonyl (C=O) groups excluding carboxylic acids is 1. The van der Waals surface area contributed by atoms with E-state index in [1.165, 1.54) is 6.20 Å². The van der Waals surface area contributed by atoms with E-state index in [-0.39, 0.29) is 23.1 Å². The second kappa shape index (κ2) is 7.86. The van der Waals surface area contributed by atoms with Crippen molar-refractivity contribution in [2.24, 2.45) is 5.92 Å². The molecule has 2 aromatic heterocycles. The van der Waals surface area contributed by atoms with Crippen molar-refractivity contribution in [2.45, 2.75) is 31.5 Å². The van der Waals surface area contributed by atoms with E-state index in [0.717, 1.165) is 17.4 Å². The van der Waals surface area contributed by atoms with Gasteiger partial charge in [0.15, 0.2) is 10.8 Å². The van der Waals surface area contributed by atoms with E-state index < -0.39 is 5.54 Å². The molecule has 28 heavy (non-hydrogen) atoms. The highest BCUT2D eigenvalue weighted by atomic mass is 32.2. The van der Waals surface area contributed by atoms with Crippen molar-refractivity contribution in [3.63, 3.8) is 0 Å². The summed E-state index contributed by atoms with van der Waals surface area (Å²) in [5, 5.41) is 17.0. The predicted molar refractivity (Wildman–Crippen MR) is 107 cm³/mol. The molecule has 0 saturated heterocycles. The van der Waals surface area contributed by atoms with Crippen LogP contribution >= 0.6 is 11.8 Å². The van der Waals surface area contributed by atoms with Gasteiger partial charge in [-0.15, -0.1) is 0 Å². The van der Waals surface area contributed by atoms with Crippen molar-refractivity contribution in [1.82, 2.24) is 25.1 Å². The lowest BCUT2D eigenvalue weighted by Crippen LogP contribution is -2.49. The van der Waals surface area contributed by atoms with E-state index in [0.29, 0.717) is 16.2 Å². The minimum absolute atomic E-state index is 0.0257. The minimum Gasteiger partial charge on any atom is -0.337 e. The van der Waals surface area contributed by atoms with E-state index in [1.807, 2.05) is 44.2 Å². The maximum Gasteiger partial charge on any atom is 0.262 e. The minimum atomic E-state index is -0.950. The lowest BCUT2D eigenvalue weighted by molar-refractivity contribution is -0.120. The molecule has 0 bridgehead atoms. The van der Waals surface area contributed by atoms with Gasteiger partial charge in [0.1, 0.15) is 10.9 Å². The molecule has 144 valence electrons. The van der Waals surface area contributed by atoms with Crippen LogP contribution < -0.4 is 10.9 Å². The molecule has 2 heterocycles. The zero-order chi connectivity index (χ0) is 20.3. The van der Waals surface area contributed by atoms with E-state index in [1.54, 1.807) is 11.6 Å². The van der Waals surface area contributed by atoms with E-state index in [2.05, 4.69) is 26.5 Å². The number of benzene rings is 1. The molecule has 8 nitrogen and oxygen atoms in total. The average molecular weight is 396 g/mol. The third kappa shape index (κ3) is 3.92. The van der Waals surface area contributed by atoms with Crippen LogP contribution in [-0.4, -0.2) is 36.9 Å². The Morgan fingerprint density at radius 3 is 2.75 bits per heavy atom. The number of nitrogens with one attached hydrogen (secondary N) is 2. The van der Waals surface area contributed by atoms with Crippen LogP contribution in [0.4, 0.5) is 0 Å². The molecule has 2 N–H and O–H groups in total. The second-order valence-electron chi connectivity index (χ2n) is 6.81. The smallest absolute Gasteiger partial charge is 0.262 e. The Labute approximate surface area is 166 Å². The number of aromatic amines is 1. The first-order valence-corrected chi connectivity index (χ1v) is 9.71. The number of amides is 1. The van der Waals surface area contributed by atoms with Crippen LogP contribution in [-0.2, 0) is 4.79 Å². The highest BCUT2D eigenvalue weighted by molar-refractivity contribution is 7.99. The van der Waals surface area contributed by atoms with Crippen LogP contribution in [0.25, 0.3) is 16.7 Å². The molecule has 0 aliphatic carbocycles. The van der Waals surface area contributed by atoms with Crippen LogP contribution in [0.1, 0.15) is 20.8 Å². The van der Waals surface area contributed by atoms with Crippen LogP contribution in [0.5, 0.6) is 0 Å². The maximum absolute atomic E-state index is 12.3. The van der Waals surface area contributed by atoms with Crippen LogP contribution in [0.15, 0.2) is 46.5 Å². The SMILES string of the molecule is CC(C)C(C)(C#N)NC(=O)CSc1nc2c(cnn2-c2ccccc2)c(=O)[nH]1. The number of hydrogen-bond acceptors (Lipinski definition) is 6. The molecule has 0 radical (unpaired) electrons. The Kier molecular flexibility index (Phi) is 5.51. The number of fused-ring (bicyclic) bond motifs is 1. The molecule has 0 fully saturated rings. The number of H-pyrrole nitrogens is 1. The fourth-order valence-corrected chi connectivity index (χ4v) is 3.14. The standard InChI is InChI=1S/C19H20N6O2S/c1-12(2)19(3,11-20)24-15(26)10-28-18-22-16-14(17(27)23-18)9-21-25(16)13-7-5-4-6-8-13/h4-9,12H,10H2,1-3H3,(H,24,26)(H,22,23,27). The Hall–Kier alpha value is -3.12. The monoisotopic (exact) mass is 396 g/mol. The number of para-hydroxylation sites is 1. The third-order valence-corrected chi connectivity index (χ3v) is 5.42. The van der Waals surface area contributed by atoms with Gasteiger partial charge in [-0.3, -0.25) is 9.59 Å². The third-order valence-electron chi connectivity index (χ3n) is 4.54. The quantitative estimate of drug-likeness (QED) is 0.488. The molecule has 0 saturated carbocycles. The zero-order valence-corrected chi connectivity index (χ0v) is 16.6. The fraction of sp³-hybridized carbons (Fsp3) is 0.316. The summed E-state index contributed by atoms with van der Waals surface area (Å²) in [5.41, 5.74) is -0.0685. The number of nitriles is 1. The lowest BCUT2D eigenvalue weighted by Gasteiger charge is -2.27. The normalized spacial score (nSPS) is 13.2. The van der Waals surface area contributed by atoms with Crippen molar-refractivity contribution < 1.29 is 4.79 Å². The molecule has 3 aromatic rings. The van der Waals surface area contributed by atoms with Gasteiger partial charge in [-0.05, 0) is 25.0 Å². The molecule has 0 aliphatic heterocycles. The number of carbonyl (C=O) groups is 1. The first-order valence-electron chi connectivity index (χ1n) is 8.72. The van der Waals surface area contributed by atoms with Crippen molar-refractivity contribution in [3.8, 4) is 11.8 Å². The summed E-state index contributed by atoms with van der Waals surface area (Å²) in [5.74, 6) is -0.319. The van der Waals surface area contributed by atoms with Gasteiger partial charge in [0.25, 0.3) is 5.56 Å². The molecule has 1 unspecified atom stereocenters. The Morgan fingerprint density at radius 2 is 2.11 bits per heavy atom. The summed E-state index contributed by atoms with van der Waals surface area (Å²) >= 11 is 1.10. The van der Waals surface area contributed by atoms with Crippen LogP contribution in [0.3, 0.4) is 0 Å². The van der Waals surface area contributed by atoms with Gasteiger partial charge in [-0.2, -0.15) is 10.4 Å². The summed E-state index contributed by atoms with van der Waals surface area (Å²) in [6.07, 6.45) is 1.47. The van der Waals surface area contributed by atoms with Gasteiger partial charge in [0, 0.05) is 0 Å². The molecule has 3 rings (SSSR count). The van der Waals surface area contributed by atoms with Crippen molar-refractivity contribution in [3.05, 3.63) is 46.9 Å². The summed E-state index contributed by atoms with van der Waals surface area (Å²) in [6, 6.07) is 11.5. The van der Waals surface area contributed by atoms with Gasteiger partial charge in [0.05, 0.1) is 23.7 Å². The van der Waals surface area contributed by atoms with Crippen molar-refractivity contribution in [1.29, 1.82) is 5.26 Å². The Bertz CT molecular complexity index is 1100. The summed E-state index contributed by atoms with van der Waals surface area (Å²) in [7, 11) is 0. The average Bonchev–Trinajstić information content (AvgIpc) is 3.11. The van der Waals surface area contributed by atoms with Gasteiger partial charge in [0.2, 0.25) is 5.91 Å². The molecular weight excluding hydrogens is 376 g/mol. The van der Waals surface area contributed by atoms with E-state index in [4.69, 9.17) is 0 Å². The Balaban J connectivity index is 1.82. The second-order valence-corrected chi connectivity index (χ2v) is 7.77. The first-order chi connectivity index (χ1) is 13.3. The van der Waals surface area contributed by atoms with Gasteiger partial charge >= 0.3 is 0 Å². The highest BCUT2D eigenvalue weighted by Crippen LogP contribution is 2.19. The maximum atomic E-state index is 12.3. The number of nitrogens with zero attached hydrogens (tertiary/aromatic N) is 4. The van der Waals surface area contributed by atoms with Gasteiger partial charge in [-0.25, -0.2) is 9.67 Å². The zero-order valence-electron chi connectivity index (χ0n) is 15.8. The fourth-order valence-electron chi connectivity index (χ4n) is 2.49. The van der Waals surface area contributed by atoms with Crippen LogP contribution in [0.2, 0.25) is 0 Å². The number of hydrogen-bond donors (Lipinski definition) is 2. The Morgan fingerprint density at radius 1 is 1.39 bits per heavy atom. The molecule has 1 atom stereocenters. The van der Waals surface area contributed by atoms with Gasteiger partial charge < -0.3 is 10.3 Å². The number of aromatic nitrogens is 4. The summed E-state index contributed by atoms with van der Waals surface area (Å²) < 4.78 is 1.58. The van der Waals surface area contributed by atoms with Crippen molar-refractivity contribution >= 4 is 28.7 Å². The molecule has 9 heteroatoms. The molecular formula is C19H20N6O2S. The molecule has 1 aromatic carbocycles. The van der Waals surface area contributed by atoms with Crippen LogP contribution in [0, 0.1) is 17.2 Å². The molecule has 1 amide bonds. The lowest BCUT2D eigenvalue weighted by atomic mass is 9.90. The first kappa shape index (κ1) is 19.6. The highest BCUT2D eigenvalue weighted by Gasteiger charge is 2.29. The topological polar surface area (TPSA) is 116 Å². The largest absolute Gasteiger partial charge is 0.337 e. The van der Waals surface area contributed by atoms with E-state index >= 15 is 0 Å². The molecule has 0 aliphatic rings. The summed E-state index contributed by atoms with van der Waals surface area (Å²) in [4.78, 5) is 31.7. The van der Waals surface area contributed by atoms with Crippen molar-refractivity contribution in [2.75, 3.05) is 5.75 Å². The molecule has 0 spiro atoms. The number of rotatable bonds is 6. The van der Waals surface area contributed by atoms with Gasteiger partial charge in [-0.1, -0.05) is 43.8 Å².